The van der Waals surface area contributed by atoms with Gasteiger partial charge in [-0.15, -0.1) is 0 Å². The van der Waals surface area contributed by atoms with Crippen LogP contribution in [0.4, 0.5) is 4.79 Å². The highest BCUT2D eigenvalue weighted by Gasteiger charge is 2.31. The Hall–Kier alpha value is -0.770. The molecule has 1 saturated heterocycles. The Balaban J connectivity index is 2.56. The molecule has 2 amide bonds. The first-order valence-electron chi connectivity index (χ1n) is 8.49. The largest absolute Gasteiger partial charge is 0.393 e. The van der Waals surface area contributed by atoms with Crippen molar-refractivity contribution in [2.45, 2.75) is 78.9 Å². The van der Waals surface area contributed by atoms with Crippen LogP contribution in [0.2, 0.25) is 0 Å². The molecule has 1 rings (SSSR count). The fourth-order valence-electron chi connectivity index (χ4n) is 3.53. The fraction of sp³-hybridized carbons (Fsp3) is 0.941. The lowest BCUT2D eigenvalue weighted by Crippen LogP contribution is -2.53. The predicted molar refractivity (Wildman–Crippen MR) is 87.3 cm³/mol. The van der Waals surface area contributed by atoms with Crippen molar-refractivity contribution in [1.82, 2.24) is 10.2 Å². The van der Waals surface area contributed by atoms with Crippen LogP contribution in [0.15, 0.2) is 0 Å². The molecule has 0 spiro atoms. The van der Waals surface area contributed by atoms with Crippen molar-refractivity contribution in [3.8, 4) is 0 Å². The van der Waals surface area contributed by atoms with Gasteiger partial charge in [0.25, 0.3) is 0 Å². The van der Waals surface area contributed by atoms with Crippen LogP contribution in [0.1, 0.15) is 66.7 Å². The number of aliphatic hydroxyl groups is 1. The minimum absolute atomic E-state index is 0.0682. The maximum Gasteiger partial charge on any atom is 0.317 e. The number of amides is 2. The van der Waals surface area contributed by atoms with Crippen LogP contribution in [0.3, 0.4) is 0 Å². The van der Waals surface area contributed by atoms with Crippen LogP contribution < -0.4 is 5.32 Å². The summed E-state index contributed by atoms with van der Waals surface area (Å²) in [5.41, 5.74) is -0.0779. The first-order valence-corrected chi connectivity index (χ1v) is 8.49. The van der Waals surface area contributed by atoms with Gasteiger partial charge in [-0.1, -0.05) is 34.1 Å². The van der Waals surface area contributed by atoms with E-state index in [0.29, 0.717) is 24.9 Å². The fourth-order valence-corrected chi connectivity index (χ4v) is 3.53. The number of piperidine rings is 1. The Morgan fingerprint density at radius 3 is 2.71 bits per heavy atom. The number of hydrogen-bond donors (Lipinski definition) is 2. The van der Waals surface area contributed by atoms with E-state index >= 15 is 0 Å². The zero-order valence-corrected chi connectivity index (χ0v) is 14.5. The van der Waals surface area contributed by atoms with Gasteiger partial charge in [-0.25, -0.2) is 4.79 Å². The summed E-state index contributed by atoms with van der Waals surface area (Å²) in [7, 11) is 0. The molecule has 4 nitrogen and oxygen atoms in total. The molecule has 0 aromatic rings. The molecule has 124 valence electrons. The average molecular weight is 298 g/mol. The van der Waals surface area contributed by atoms with Crippen molar-refractivity contribution in [2.24, 2.45) is 11.3 Å². The van der Waals surface area contributed by atoms with E-state index < -0.39 is 0 Å². The molecule has 0 radical (unpaired) electrons. The zero-order valence-electron chi connectivity index (χ0n) is 14.5. The third kappa shape index (κ3) is 5.85. The summed E-state index contributed by atoms with van der Waals surface area (Å²) < 4.78 is 0. The van der Waals surface area contributed by atoms with Crippen molar-refractivity contribution in [1.29, 1.82) is 0 Å². The van der Waals surface area contributed by atoms with Gasteiger partial charge in [0.1, 0.15) is 0 Å². The summed E-state index contributed by atoms with van der Waals surface area (Å²) in [5.74, 6) is 0.593. The van der Waals surface area contributed by atoms with E-state index in [0.717, 1.165) is 25.8 Å². The molecule has 0 bridgehead atoms. The lowest BCUT2D eigenvalue weighted by molar-refractivity contribution is 0.104. The molecule has 1 heterocycles. The van der Waals surface area contributed by atoms with Gasteiger partial charge in [-0.2, -0.15) is 0 Å². The molecule has 3 atom stereocenters. The number of carbonyl (C=O) groups excluding carboxylic acids is 1. The minimum Gasteiger partial charge on any atom is -0.393 e. The van der Waals surface area contributed by atoms with Crippen LogP contribution in [-0.2, 0) is 0 Å². The molecule has 1 fully saturated rings. The number of nitrogens with zero attached hydrogens (tertiary/aromatic N) is 1. The smallest absolute Gasteiger partial charge is 0.317 e. The molecule has 0 saturated carbocycles. The summed E-state index contributed by atoms with van der Waals surface area (Å²) in [6, 6.07) is 0.447. The highest BCUT2D eigenvalue weighted by atomic mass is 16.3. The molecule has 4 heteroatoms. The normalized spacial score (nSPS) is 24.8. The molecule has 0 aromatic carbocycles. The first kappa shape index (κ1) is 18.3. The molecule has 3 unspecified atom stereocenters. The van der Waals surface area contributed by atoms with Crippen LogP contribution in [0, 0.1) is 11.3 Å². The Morgan fingerprint density at radius 2 is 2.14 bits per heavy atom. The van der Waals surface area contributed by atoms with Gasteiger partial charge < -0.3 is 15.3 Å². The standard InChI is InChI=1S/C17H34N2O2/c1-6-8-15-13(2)9-7-10-19(15)16(21)18-12-17(4,5)11-14(3)20/h13-15,20H,6-12H2,1-5H3,(H,18,21). The second-order valence-corrected chi connectivity index (χ2v) is 7.54. The average Bonchev–Trinajstić information content (AvgIpc) is 2.37. The van der Waals surface area contributed by atoms with Crippen molar-refractivity contribution in [2.75, 3.05) is 13.1 Å². The van der Waals surface area contributed by atoms with Gasteiger partial charge in [0.2, 0.25) is 0 Å². The highest BCUT2D eigenvalue weighted by Crippen LogP contribution is 2.27. The first-order chi connectivity index (χ1) is 9.76. The summed E-state index contributed by atoms with van der Waals surface area (Å²) in [5, 5.41) is 12.6. The number of rotatable bonds is 6. The lowest BCUT2D eigenvalue weighted by Gasteiger charge is -2.40. The van der Waals surface area contributed by atoms with E-state index in [1.165, 1.54) is 6.42 Å². The van der Waals surface area contributed by atoms with Gasteiger partial charge in [-0.05, 0) is 43.9 Å². The predicted octanol–water partition coefficient (Wildman–Crippen LogP) is 3.39. The molecule has 0 aliphatic carbocycles. The number of nitrogens with one attached hydrogen (secondary N) is 1. The van der Waals surface area contributed by atoms with E-state index in [-0.39, 0.29) is 17.6 Å². The Kier molecular flexibility index (Phi) is 6.98. The van der Waals surface area contributed by atoms with Crippen molar-refractivity contribution in [3.05, 3.63) is 0 Å². The molecule has 2 N–H and O–H groups in total. The van der Waals surface area contributed by atoms with E-state index in [2.05, 4.69) is 33.0 Å². The van der Waals surface area contributed by atoms with Crippen LogP contribution >= 0.6 is 0 Å². The second-order valence-electron chi connectivity index (χ2n) is 7.54. The quantitative estimate of drug-likeness (QED) is 0.789. The SMILES string of the molecule is CCCC1C(C)CCCN1C(=O)NCC(C)(C)CC(C)O. The van der Waals surface area contributed by atoms with Crippen LogP contribution in [0.25, 0.3) is 0 Å². The molecule has 1 aliphatic heterocycles. The number of carbonyl (C=O) groups is 1. The number of aliphatic hydroxyl groups excluding tert-OH is 1. The molecule has 0 aromatic heterocycles. The van der Waals surface area contributed by atoms with Crippen molar-refractivity contribution < 1.29 is 9.90 Å². The molecule has 21 heavy (non-hydrogen) atoms. The Bertz CT molecular complexity index is 329. The Labute approximate surface area is 130 Å². The lowest BCUT2D eigenvalue weighted by atomic mass is 9.86. The zero-order chi connectivity index (χ0) is 16.0. The van der Waals surface area contributed by atoms with Gasteiger partial charge in [0.05, 0.1) is 6.10 Å². The highest BCUT2D eigenvalue weighted by molar-refractivity contribution is 5.74. The number of urea groups is 1. The molecular weight excluding hydrogens is 264 g/mol. The van der Waals surface area contributed by atoms with Crippen LogP contribution in [-0.4, -0.2) is 41.3 Å². The Morgan fingerprint density at radius 1 is 1.48 bits per heavy atom. The number of likely N-dealkylation sites (tertiary alicyclic amines) is 1. The summed E-state index contributed by atoms with van der Waals surface area (Å²) >= 11 is 0. The third-order valence-electron chi connectivity index (χ3n) is 4.53. The van der Waals surface area contributed by atoms with Crippen LogP contribution in [0.5, 0.6) is 0 Å². The van der Waals surface area contributed by atoms with E-state index in [9.17, 15) is 9.90 Å². The summed E-state index contributed by atoms with van der Waals surface area (Å²) in [6.45, 7) is 11.9. The van der Waals surface area contributed by atoms with E-state index in [1.807, 2.05) is 4.90 Å². The maximum atomic E-state index is 12.5. The van der Waals surface area contributed by atoms with Gasteiger partial charge >= 0.3 is 6.03 Å². The van der Waals surface area contributed by atoms with Crippen molar-refractivity contribution >= 4 is 6.03 Å². The second kappa shape index (κ2) is 8.02. The van der Waals surface area contributed by atoms with Gasteiger partial charge in [0, 0.05) is 19.1 Å². The van der Waals surface area contributed by atoms with Gasteiger partial charge in [-0.3, -0.25) is 0 Å². The maximum absolute atomic E-state index is 12.5. The van der Waals surface area contributed by atoms with E-state index in [1.54, 1.807) is 6.92 Å². The van der Waals surface area contributed by atoms with Gasteiger partial charge in [0.15, 0.2) is 0 Å². The topological polar surface area (TPSA) is 52.6 Å². The summed E-state index contributed by atoms with van der Waals surface area (Å²) in [6.07, 6.45) is 4.90. The van der Waals surface area contributed by atoms with E-state index in [4.69, 9.17) is 0 Å². The number of hydrogen-bond acceptors (Lipinski definition) is 2. The van der Waals surface area contributed by atoms with Crippen molar-refractivity contribution in [3.63, 3.8) is 0 Å². The monoisotopic (exact) mass is 298 g/mol. The molecule has 1 aliphatic rings. The minimum atomic E-state index is -0.334. The summed E-state index contributed by atoms with van der Waals surface area (Å²) in [4.78, 5) is 14.6. The third-order valence-corrected chi connectivity index (χ3v) is 4.53. The molecular formula is C17H34N2O2.